The maximum absolute atomic E-state index is 10.4. The van der Waals surface area contributed by atoms with Crippen LogP contribution in [0.4, 0.5) is 0 Å². The molecule has 0 spiro atoms. The van der Waals surface area contributed by atoms with Crippen molar-refractivity contribution >= 4 is 0 Å². The van der Waals surface area contributed by atoms with Gasteiger partial charge in [-0.25, -0.2) is 0 Å². The van der Waals surface area contributed by atoms with E-state index in [2.05, 4.69) is 0 Å². The second kappa shape index (κ2) is 5.72. The molecule has 0 radical (unpaired) electrons. The van der Waals surface area contributed by atoms with Crippen LogP contribution in [-0.2, 0) is 0 Å². The zero-order valence-electron chi connectivity index (χ0n) is 10.9. The SMILES string of the molecule is CC(O)c1ccccc1OCC1(O)CCCCC1. The predicted octanol–water partition coefficient (Wildman–Crippen LogP) is 2.81. The topological polar surface area (TPSA) is 49.7 Å². The molecule has 0 amide bonds. The fourth-order valence-electron chi connectivity index (χ4n) is 2.52. The lowest BCUT2D eigenvalue weighted by Crippen LogP contribution is -2.38. The van der Waals surface area contributed by atoms with E-state index in [1.807, 2.05) is 24.3 Å². The Hall–Kier alpha value is -1.06. The summed E-state index contributed by atoms with van der Waals surface area (Å²) in [6.45, 7) is 2.04. The first-order chi connectivity index (χ1) is 8.61. The molecule has 1 atom stereocenters. The maximum Gasteiger partial charge on any atom is 0.125 e. The minimum Gasteiger partial charge on any atom is -0.490 e. The summed E-state index contributed by atoms with van der Waals surface area (Å²) in [5.41, 5.74) is 0.0845. The number of hydrogen-bond donors (Lipinski definition) is 2. The van der Waals surface area contributed by atoms with Gasteiger partial charge in [-0.05, 0) is 25.8 Å². The second-order valence-electron chi connectivity index (χ2n) is 5.29. The summed E-state index contributed by atoms with van der Waals surface area (Å²) in [4.78, 5) is 0. The summed E-state index contributed by atoms with van der Waals surface area (Å²) in [6.07, 6.45) is 4.40. The average Bonchev–Trinajstić information content (AvgIpc) is 2.38. The lowest BCUT2D eigenvalue weighted by Gasteiger charge is -2.32. The molecular formula is C15H22O3. The second-order valence-corrected chi connectivity index (χ2v) is 5.29. The van der Waals surface area contributed by atoms with Crippen molar-refractivity contribution in [3.63, 3.8) is 0 Å². The first-order valence-electron chi connectivity index (χ1n) is 6.73. The summed E-state index contributed by atoms with van der Waals surface area (Å²) in [5.74, 6) is 0.673. The lowest BCUT2D eigenvalue weighted by atomic mass is 9.85. The van der Waals surface area contributed by atoms with Gasteiger partial charge in [-0.3, -0.25) is 0 Å². The minimum absolute atomic E-state index is 0.316. The van der Waals surface area contributed by atoms with Crippen LogP contribution in [0.2, 0.25) is 0 Å². The number of aliphatic hydroxyl groups excluding tert-OH is 1. The molecule has 1 aromatic carbocycles. The highest BCUT2D eigenvalue weighted by Gasteiger charge is 2.30. The van der Waals surface area contributed by atoms with Crippen LogP contribution in [0, 0.1) is 0 Å². The third kappa shape index (κ3) is 3.24. The molecular weight excluding hydrogens is 228 g/mol. The number of hydrogen-bond acceptors (Lipinski definition) is 3. The molecule has 0 heterocycles. The van der Waals surface area contributed by atoms with E-state index in [1.165, 1.54) is 6.42 Å². The van der Waals surface area contributed by atoms with Crippen molar-refractivity contribution in [1.82, 2.24) is 0 Å². The van der Waals surface area contributed by atoms with Crippen LogP contribution < -0.4 is 4.74 Å². The van der Waals surface area contributed by atoms with Gasteiger partial charge in [0.1, 0.15) is 12.4 Å². The van der Waals surface area contributed by atoms with Gasteiger partial charge in [0.05, 0.1) is 11.7 Å². The Morgan fingerprint density at radius 2 is 1.89 bits per heavy atom. The Morgan fingerprint density at radius 3 is 2.56 bits per heavy atom. The molecule has 1 aromatic rings. The molecule has 0 saturated heterocycles. The monoisotopic (exact) mass is 250 g/mol. The van der Waals surface area contributed by atoms with Crippen LogP contribution in [0.25, 0.3) is 0 Å². The Bertz CT molecular complexity index is 381. The zero-order valence-corrected chi connectivity index (χ0v) is 10.9. The largest absolute Gasteiger partial charge is 0.490 e. The predicted molar refractivity (Wildman–Crippen MR) is 70.6 cm³/mol. The van der Waals surface area contributed by atoms with E-state index in [0.29, 0.717) is 12.4 Å². The first-order valence-corrected chi connectivity index (χ1v) is 6.73. The Balaban J connectivity index is 2.01. The molecule has 0 bridgehead atoms. The molecule has 1 saturated carbocycles. The summed E-state index contributed by atoms with van der Waals surface area (Å²) >= 11 is 0. The van der Waals surface area contributed by atoms with E-state index in [-0.39, 0.29) is 0 Å². The standard InChI is InChI=1S/C15H22O3/c1-12(16)13-7-3-4-8-14(13)18-11-15(17)9-5-2-6-10-15/h3-4,7-8,12,16-17H,2,5-6,9-11H2,1H3. The molecule has 1 unspecified atom stereocenters. The number of para-hydroxylation sites is 1. The molecule has 0 aliphatic heterocycles. The number of aliphatic hydroxyl groups is 2. The van der Waals surface area contributed by atoms with Gasteiger partial charge in [0.15, 0.2) is 0 Å². The summed E-state index contributed by atoms with van der Waals surface area (Å²) in [5, 5.41) is 20.0. The smallest absolute Gasteiger partial charge is 0.125 e. The van der Waals surface area contributed by atoms with Crippen LogP contribution in [0.5, 0.6) is 5.75 Å². The molecule has 3 nitrogen and oxygen atoms in total. The van der Waals surface area contributed by atoms with E-state index >= 15 is 0 Å². The van der Waals surface area contributed by atoms with Crippen molar-refractivity contribution in [3.05, 3.63) is 29.8 Å². The van der Waals surface area contributed by atoms with E-state index in [9.17, 15) is 10.2 Å². The van der Waals surface area contributed by atoms with Crippen molar-refractivity contribution in [2.24, 2.45) is 0 Å². The van der Waals surface area contributed by atoms with Gasteiger partial charge in [0.25, 0.3) is 0 Å². The van der Waals surface area contributed by atoms with E-state index in [0.717, 1.165) is 31.2 Å². The molecule has 2 rings (SSSR count). The van der Waals surface area contributed by atoms with Crippen molar-refractivity contribution in [1.29, 1.82) is 0 Å². The summed E-state index contributed by atoms with van der Waals surface area (Å²) in [6, 6.07) is 7.45. The third-order valence-electron chi connectivity index (χ3n) is 3.65. The minimum atomic E-state index is -0.690. The van der Waals surface area contributed by atoms with E-state index in [1.54, 1.807) is 6.92 Å². The molecule has 1 aliphatic carbocycles. The van der Waals surface area contributed by atoms with Crippen molar-refractivity contribution in [2.75, 3.05) is 6.61 Å². The molecule has 2 N–H and O–H groups in total. The average molecular weight is 250 g/mol. The molecule has 1 fully saturated rings. The van der Waals surface area contributed by atoms with Crippen LogP contribution in [0.1, 0.15) is 50.7 Å². The number of rotatable bonds is 4. The highest BCUT2D eigenvalue weighted by Crippen LogP contribution is 2.30. The summed E-state index contributed by atoms with van der Waals surface area (Å²) in [7, 11) is 0. The van der Waals surface area contributed by atoms with Crippen LogP contribution in [0.15, 0.2) is 24.3 Å². The van der Waals surface area contributed by atoms with E-state index < -0.39 is 11.7 Å². The highest BCUT2D eigenvalue weighted by molar-refractivity contribution is 5.34. The fourth-order valence-corrected chi connectivity index (χ4v) is 2.52. The number of ether oxygens (including phenoxy) is 1. The van der Waals surface area contributed by atoms with Crippen molar-refractivity contribution in [2.45, 2.75) is 50.7 Å². The molecule has 100 valence electrons. The number of benzene rings is 1. The third-order valence-corrected chi connectivity index (χ3v) is 3.65. The first kappa shape index (κ1) is 13.4. The van der Waals surface area contributed by atoms with Gasteiger partial charge in [-0.15, -0.1) is 0 Å². The lowest BCUT2D eigenvalue weighted by molar-refractivity contribution is -0.0345. The fraction of sp³-hybridized carbons (Fsp3) is 0.600. The molecule has 0 aromatic heterocycles. The van der Waals surface area contributed by atoms with Gasteiger partial charge in [-0.2, -0.15) is 0 Å². The summed E-state index contributed by atoms with van der Waals surface area (Å²) < 4.78 is 5.73. The van der Waals surface area contributed by atoms with Crippen LogP contribution in [-0.4, -0.2) is 22.4 Å². The Kier molecular flexibility index (Phi) is 4.25. The maximum atomic E-state index is 10.4. The van der Waals surface area contributed by atoms with Crippen LogP contribution >= 0.6 is 0 Å². The van der Waals surface area contributed by atoms with E-state index in [4.69, 9.17) is 4.74 Å². The van der Waals surface area contributed by atoms with Gasteiger partial charge in [-0.1, -0.05) is 37.5 Å². The molecule has 18 heavy (non-hydrogen) atoms. The van der Waals surface area contributed by atoms with Crippen molar-refractivity contribution < 1.29 is 14.9 Å². The highest BCUT2D eigenvalue weighted by atomic mass is 16.5. The van der Waals surface area contributed by atoms with Crippen LogP contribution in [0.3, 0.4) is 0 Å². The molecule has 3 heteroatoms. The molecule has 1 aliphatic rings. The van der Waals surface area contributed by atoms with Gasteiger partial charge in [0.2, 0.25) is 0 Å². The van der Waals surface area contributed by atoms with Crippen molar-refractivity contribution in [3.8, 4) is 5.75 Å². The van der Waals surface area contributed by atoms with Gasteiger partial charge < -0.3 is 14.9 Å². The Morgan fingerprint density at radius 1 is 1.22 bits per heavy atom. The Labute approximate surface area is 108 Å². The normalized spacial score (nSPS) is 20.4. The van der Waals surface area contributed by atoms with Gasteiger partial charge >= 0.3 is 0 Å². The zero-order chi connectivity index (χ0) is 13.0. The van der Waals surface area contributed by atoms with Gasteiger partial charge in [0, 0.05) is 5.56 Å². The quantitative estimate of drug-likeness (QED) is 0.864.